The van der Waals surface area contributed by atoms with E-state index in [9.17, 15) is 8.42 Å². The van der Waals surface area contributed by atoms with Gasteiger partial charge in [0.15, 0.2) is 5.16 Å². The van der Waals surface area contributed by atoms with Crippen LogP contribution < -0.4 is 4.18 Å². The molecule has 154 valence electrons. The van der Waals surface area contributed by atoms with Crippen molar-refractivity contribution in [3.05, 3.63) is 88.9 Å². The fourth-order valence-electron chi connectivity index (χ4n) is 2.81. The summed E-state index contributed by atoms with van der Waals surface area (Å²) in [5.41, 5.74) is 0.944. The van der Waals surface area contributed by atoms with E-state index >= 15 is 0 Å². The van der Waals surface area contributed by atoms with Crippen molar-refractivity contribution in [1.82, 2.24) is 14.8 Å². The molecule has 0 atom stereocenters. The number of hydrogen-bond acceptors (Lipinski definition) is 7. The van der Waals surface area contributed by atoms with Crippen molar-refractivity contribution in [2.45, 2.75) is 11.6 Å². The van der Waals surface area contributed by atoms with Crippen molar-refractivity contribution in [2.24, 2.45) is 0 Å². The highest BCUT2D eigenvalue weighted by molar-refractivity contribution is 8.00. The van der Waals surface area contributed by atoms with Crippen LogP contribution in [0, 0.1) is 0 Å². The Labute approximate surface area is 183 Å². The van der Waals surface area contributed by atoms with Gasteiger partial charge in [0.1, 0.15) is 11.6 Å². The van der Waals surface area contributed by atoms with Crippen molar-refractivity contribution >= 4 is 33.2 Å². The molecule has 0 amide bonds. The van der Waals surface area contributed by atoms with Crippen molar-refractivity contribution in [1.29, 1.82) is 0 Å². The van der Waals surface area contributed by atoms with Gasteiger partial charge in [-0.05, 0) is 35.7 Å². The first kappa shape index (κ1) is 20.6. The third-order valence-corrected chi connectivity index (χ3v) is 7.37. The predicted molar refractivity (Wildman–Crippen MR) is 120 cm³/mol. The highest BCUT2D eigenvalue weighted by Crippen LogP contribution is 2.25. The third-order valence-electron chi connectivity index (χ3n) is 4.16. The van der Waals surface area contributed by atoms with Crippen LogP contribution >= 0.6 is 23.1 Å². The van der Waals surface area contributed by atoms with E-state index in [1.165, 1.54) is 16.6 Å². The van der Waals surface area contributed by atoms with Gasteiger partial charge in [-0.25, -0.2) is 0 Å². The number of benzene rings is 2. The molecule has 0 bridgehead atoms. The first-order valence-electron chi connectivity index (χ1n) is 9.23. The summed E-state index contributed by atoms with van der Waals surface area (Å²) in [7, 11) is -3.69. The summed E-state index contributed by atoms with van der Waals surface area (Å²) >= 11 is 3.02. The summed E-state index contributed by atoms with van der Waals surface area (Å²) < 4.78 is 31.7. The van der Waals surface area contributed by atoms with Crippen molar-refractivity contribution < 1.29 is 12.6 Å². The Morgan fingerprint density at radius 2 is 1.67 bits per heavy atom. The van der Waals surface area contributed by atoms with Crippen LogP contribution in [0.25, 0.3) is 5.69 Å². The molecule has 0 N–H and O–H groups in total. The zero-order valence-electron chi connectivity index (χ0n) is 15.9. The maximum absolute atomic E-state index is 12.3. The Balaban J connectivity index is 1.49. The number of nitrogens with zero attached hydrogens (tertiary/aromatic N) is 3. The minimum atomic E-state index is -3.69. The topological polar surface area (TPSA) is 74.1 Å². The average Bonchev–Trinajstić information content (AvgIpc) is 3.39. The van der Waals surface area contributed by atoms with Gasteiger partial charge in [-0.15, -0.1) is 21.5 Å². The van der Waals surface area contributed by atoms with E-state index in [1.54, 1.807) is 41.7 Å². The smallest absolute Gasteiger partial charge is 0.310 e. The molecule has 4 rings (SSSR count). The molecule has 4 aromatic rings. The Bertz CT molecular complexity index is 1180. The van der Waals surface area contributed by atoms with Gasteiger partial charge in [-0.1, -0.05) is 54.2 Å². The highest BCUT2D eigenvalue weighted by atomic mass is 32.2. The van der Waals surface area contributed by atoms with Crippen molar-refractivity contribution in [3.63, 3.8) is 0 Å². The Kier molecular flexibility index (Phi) is 6.51. The van der Waals surface area contributed by atoms with Gasteiger partial charge in [-0.2, -0.15) is 8.42 Å². The maximum atomic E-state index is 12.3. The predicted octanol–water partition coefficient (Wildman–Crippen LogP) is 4.42. The summed E-state index contributed by atoms with van der Waals surface area (Å²) in [6.45, 7) is 0. The second kappa shape index (κ2) is 9.46. The minimum absolute atomic E-state index is 0.130. The van der Waals surface area contributed by atoms with Crippen LogP contribution in [0.2, 0.25) is 0 Å². The van der Waals surface area contributed by atoms with Gasteiger partial charge in [0, 0.05) is 22.7 Å². The molecule has 2 aromatic heterocycles. The molecule has 6 nitrogen and oxygen atoms in total. The fourth-order valence-corrected chi connectivity index (χ4v) is 5.77. The molecule has 30 heavy (non-hydrogen) atoms. The van der Waals surface area contributed by atoms with Crippen molar-refractivity contribution in [2.75, 3.05) is 11.5 Å². The lowest BCUT2D eigenvalue weighted by atomic mass is 10.3. The van der Waals surface area contributed by atoms with Gasteiger partial charge in [0.2, 0.25) is 0 Å². The van der Waals surface area contributed by atoms with Gasteiger partial charge < -0.3 is 4.18 Å². The van der Waals surface area contributed by atoms with E-state index in [0.29, 0.717) is 23.1 Å². The van der Waals surface area contributed by atoms with Crippen LogP contribution in [0.3, 0.4) is 0 Å². The summed E-state index contributed by atoms with van der Waals surface area (Å²) in [6.07, 6.45) is 0.662. The van der Waals surface area contributed by atoms with Crippen molar-refractivity contribution in [3.8, 4) is 11.4 Å². The number of thioether (sulfide) groups is 1. The zero-order chi connectivity index (χ0) is 20.8. The lowest BCUT2D eigenvalue weighted by molar-refractivity contribution is 0.488. The van der Waals surface area contributed by atoms with Crippen LogP contribution in [0.1, 0.15) is 10.7 Å². The highest BCUT2D eigenvalue weighted by Gasteiger charge is 2.18. The zero-order valence-corrected chi connectivity index (χ0v) is 18.4. The Hall–Kier alpha value is -2.62. The standard InChI is InChI=1S/C21H19N3O3S3/c25-30(26,27-18-10-5-2-6-11-18)15-14-29-21-23-22-20(16-19-12-7-13-28-19)24(21)17-8-3-1-4-9-17/h1-13H,14-16H2. The monoisotopic (exact) mass is 457 g/mol. The number of hydrogen-bond donors (Lipinski definition) is 0. The van der Waals surface area contributed by atoms with Crippen LogP contribution in [0.4, 0.5) is 0 Å². The van der Waals surface area contributed by atoms with E-state index in [4.69, 9.17) is 4.18 Å². The van der Waals surface area contributed by atoms with Crippen LogP contribution in [-0.2, 0) is 16.5 Å². The van der Waals surface area contributed by atoms with Gasteiger partial charge in [-0.3, -0.25) is 4.57 Å². The van der Waals surface area contributed by atoms with Crippen LogP contribution in [0.15, 0.2) is 83.3 Å². The first-order chi connectivity index (χ1) is 14.6. The maximum Gasteiger partial charge on any atom is 0.310 e. The van der Waals surface area contributed by atoms with E-state index < -0.39 is 10.1 Å². The molecule has 2 aromatic carbocycles. The first-order valence-corrected chi connectivity index (χ1v) is 12.7. The van der Waals surface area contributed by atoms with E-state index in [0.717, 1.165) is 11.5 Å². The van der Waals surface area contributed by atoms with Gasteiger partial charge in [0.25, 0.3) is 0 Å². The van der Waals surface area contributed by atoms with Crippen LogP contribution in [0.5, 0.6) is 5.75 Å². The number of thiophene rings is 1. The molecular formula is C21H19N3O3S3. The number of para-hydroxylation sites is 2. The molecule has 2 heterocycles. The Morgan fingerprint density at radius 3 is 2.37 bits per heavy atom. The lowest BCUT2D eigenvalue weighted by Gasteiger charge is -2.10. The Morgan fingerprint density at radius 1 is 0.933 bits per heavy atom. The summed E-state index contributed by atoms with van der Waals surface area (Å²) in [5, 5.41) is 11.4. The van der Waals surface area contributed by atoms with Crippen LogP contribution in [-0.4, -0.2) is 34.7 Å². The second-order valence-electron chi connectivity index (χ2n) is 6.33. The van der Waals surface area contributed by atoms with E-state index in [2.05, 4.69) is 16.3 Å². The molecule has 0 saturated heterocycles. The molecule has 0 aliphatic heterocycles. The molecule has 0 aliphatic rings. The van der Waals surface area contributed by atoms with Gasteiger partial charge in [0.05, 0.1) is 5.75 Å². The lowest BCUT2D eigenvalue weighted by Crippen LogP contribution is -2.15. The molecule has 0 spiro atoms. The quantitative estimate of drug-likeness (QED) is 0.274. The average molecular weight is 458 g/mol. The van der Waals surface area contributed by atoms with Gasteiger partial charge >= 0.3 is 10.1 Å². The molecule has 0 radical (unpaired) electrons. The minimum Gasteiger partial charge on any atom is -0.382 e. The fraction of sp³-hybridized carbons (Fsp3) is 0.143. The van der Waals surface area contributed by atoms with E-state index in [-0.39, 0.29) is 5.75 Å². The number of rotatable bonds is 9. The second-order valence-corrected chi connectivity index (χ2v) is 10.1. The normalized spacial score (nSPS) is 11.5. The van der Waals surface area contributed by atoms with E-state index in [1.807, 2.05) is 46.3 Å². The summed E-state index contributed by atoms with van der Waals surface area (Å²) in [6, 6.07) is 22.4. The molecule has 0 aliphatic carbocycles. The largest absolute Gasteiger partial charge is 0.382 e. The molecule has 0 saturated carbocycles. The molecule has 9 heteroatoms. The molecule has 0 fully saturated rings. The summed E-state index contributed by atoms with van der Waals surface area (Å²) in [4.78, 5) is 1.19. The summed E-state index contributed by atoms with van der Waals surface area (Å²) in [5.74, 6) is 1.30. The third kappa shape index (κ3) is 5.29. The number of aromatic nitrogens is 3. The molecule has 0 unspecified atom stereocenters. The molecular weight excluding hydrogens is 438 g/mol. The SMILES string of the molecule is O=S(=O)(CCSc1nnc(Cc2cccs2)n1-c1ccccc1)Oc1ccccc1.